The highest BCUT2D eigenvalue weighted by atomic mass is 32.2. The van der Waals surface area contributed by atoms with Crippen molar-refractivity contribution < 1.29 is 4.74 Å². The predicted molar refractivity (Wildman–Crippen MR) is 142 cm³/mol. The number of hydrogen-bond donors (Lipinski definition) is 0. The van der Waals surface area contributed by atoms with E-state index in [1.165, 1.54) is 24.0 Å². The fraction of sp³-hybridized carbons (Fsp3) is 0.467. The molecule has 0 amide bonds. The lowest BCUT2D eigenvalue weighted by Gasteiger charge is -2.40. The molecule has 0 bridgehead atoms. The van der Waals surface area contributed by atoms with Crippen LogP contribution in [0.4, 0.5) is 0 Å². The summed E-state index contributed by atoms with van der Waals surface area (Å²) >= 11 is 1.70. The topological polar surface area (TPSA) is 44.1 Å². The Morgan fingerprint density at radius 2 is 1.80 bits per heavy atom. The first kappa shape index (κ1) is 23.1. The molecule has 3 aliphatic rings. The maximum Gasteiger partial charge on any atom is 0.258 e. The monoisotopic (exact) mass is 486 g/mol. The minimum absolute atomic E-state index is 0.0706. The van der Waals surface area contributed by atoms with Gasteiger partial charge in [-0.05, 0) is 57.1 Å². The fourth-order valence-electron chi connectivity index (χ4n) is 6.59. The number of ether oxygens (including phenoxy) is 1. The molecule has 1 saturated heterocycles. The zero-order valence-corrected chi connectivity index (χ0v) is 21.6. The van der Waals surface area contributed by atoms with Crippen LogP contribution in [0.2, 0.25) is 0 Å². The molecule has 2 aromatic carbocycles. The summed E-state index contributed by atoms with van der Waals surface area (Å²) in [6.45, 7) is 4.96. The molecule has 0 radical (unpaired) electrons. The zero-order chi connectivity index (χ0) is 24.0. The first-order valence-corrected chi connectivity index (χ1v) is 14.0. The van der Waals surface area contributed by atoms with Crippen molar-refractivity contribution in [2.75, 3.05) is 6.61 Å². The van der Waals surface area contributed by atoms with E-state index in [1.54, 1.807) is 11.8 Å². The second kappa shape index (κ2) is 8.94. The lowest BCUT2D eigenvalue weighted by Crippen LogP contribution is -2.44. The average molecular weight is 487 g/mol. The SMILES string of the molecule is CC1(C)CC(n2c(SCc3ccccc3)nc3c(c2=O)C2(CCCC2)Cc2ccccc2-3)CCO1. The number of rotatable bonds is 4. The van der Waals surface area contributed by atoms with Crippen LogP contribution in [-0.4, -0.2) is 21.8 Å². The number of nitrogens with zero attached hydrogens (tertiary/aromatic N) is 2. The second-order valence-corrected chi connectivity index (χ2v) is 12.1. The van der Waals surface area contributed by atoms with Crippen molar-refractivity contribution in [3.05, 3.63) is 81.6 Å². The molecule has 1 spiro atoms. The molecule has 1 saturated carbocycles. The van der Waals surface area contributed by atoms with E-state index in [9.17, 15) is 4.79 Å². The van der Waals surface area contributed by atoms with Crippen LogP contribution in [-0.2, 0) is 22.3 Å². The summed E-state index contributed by atoms with van der Waals surface area (Å²) in [7, 11) is 0. The third kappa shape index (κ3) is 4.17. The molecule has 1 aliphatic heterocycles. The van der Waals surface area contributed by atoms with Crippen LogP contribution in [0, 0.1) is 0 Å². The van der Waals surface area contributed by atoms with Crippen molar-refractivity contribution in [1.29, 1.82) is 0 Å². The molecule has 35 heavy (non-hydrogen) atoms. The van der Waals surface area contributed by atoms with Crippen LogP contribution in [0.1, 0.15) is 75.1 Å². The van der Waals surface area contributed by atoms with Crippen LogP contribution in [0.3, 0.4) is 0 Å². The molecule has 4 nitrogen and oxygen atoms in total. The van der Waals surface area contributed by atoms with Gasteiger partial charge in [-0.15, -0.1) is 0 Å². The summed E-state index contributed by atoms with van der Waals surface area (Å²) in [5.41, 5.74) is 5.56. The van der Waals surface area contributed by atoms with E-state index in [1.807, 2.05) is 6.07 Å². The first-order chi connectivity index (χ1) is 17.0. The van der Waals surface area contributed by atoms with E-state index in [-0.39, 0.29) is 22.6 Å². The van der Waals surface area contributed by atoms with Gasteiger partial charge in [-0.2, -0.15) is 0 Å². The lowest BCUT2D eigenvalue weighted by molar-refractivity contribution is -0.0710. The highest BCUT2D eigenvalue weighted by Crippen LogP contribution is 2.50. The van der Waals surface area contributed by atoms with Crippen LogP contribution in [0.25, 0.3) is 11.3 Å². The summed E-state index contributed by atoms with van der Waals surface area (Å²) < 4.78 is 8.11. The van der Waals surface area contributed by atoms with Gasteiger partial charge in [0.15, 0.2) is 5.16 Å². The van der Waals surface area contributed by atoms with E-state index < -0.39 is 0 Å². The van der Waals surface area contributed by atoms with Gasteiger partial charge in [0.05, 0.1) is 16.9 Å². The molecule has 2 heterocycles. The Morgan fingerprint density at radius 1 is 1.06 bits per heavy atom. The molecule has 2 fully saturated rings. The molecule has 1 unspecified atom stereocenters. The highest BCUT2D eigenvalue weighted by Gasteiger charge is 2.45. The van der Waals surface area contributed by atoms with Gasteiger partial charge in [0.2, 0.25) is 0 Å². The zero-order valence-electron chi connectivity index (χ0n) is 20.8. The standard InChI is InChI=1S/C30H34N2O2S/c1-29(2)19-23(14-17-34-29)32-27(33)25-26(31-28(32)35-20-21-10-4-3-5-11-21)24-13-7-6-12-22(24)18-30(25)15-8-9-16-30/h3-7,10-13,23H,8-9,14-20H2,1-2H3. The second-order valence-electron chi connectivity index (χ2n) is 11.1. The van der Waals surface area contributed by atoms with Crippen LogP contribution < -0.4 is 5.56 Å². The van der Waals surface area contributed by atoms with E-state index in [2.05, 4.69) is 66.9 Å². The Bertz CT molecular complexity index is 1290. The quantitative estimate of drug-likeness (QED) is 0.304. The van der Waals surface area contributed by atoms with Gasteiger partial charge < -0.3 is 4.74 Å². The smallest absolute Gasteiger partial charge is 0.258 e. The van der Waals surface area contributed by atoms with Gasteiger partial charge in [0.1, 0.15) is 0 Å². The third-order valence-corrected chi connectivity index (χ3v) is 9.25. The maximum absolute atomic E-state index is 14.6. The third-order valence-electron chi connectivity index (χ3n) is 8.22. The minimum Gasteiger partial charge on any atom is -0.375 e. The Morgan fingerprint density at radius 3 is 2.57 bits per heavy atom. The van der Waals surface area contributed by atoms with Crippen LogP contribution in [0.5, 0.6) is 0 Å². The molecule has 182 valence electrons. The van der Waals surface area contributed by atoms with Gasteiger partial charge in [-0.1, -0.05) is 79.2 Å². The summed E-state index contributed by atoms with van der Waals surface area (Å²) in [4.78, 5) is 20.0. The lowest BCUT2D eigenvalue weighted by atomic mass is 9.68. The molecular formula is C30H34N2O2S. The molecule has 0 N–H and O–H groups in total. The van der Waals surface area contributed by atoms with Crippen LogP contribution in [0.15, 0.2) is 64.5 Å². The molecule has 6 rings (SSSR count). The van der Waals surface area contributed by atoms with Crippen molar-refractivity contribution in [3.63, 3.8) is 0 Å². The number of benzene rings is 2. The number of hydrogen-bond acceptors (Lipinski definition) is 4. The van der Waals surface area contributed by atoms with Crippen LogP contribution >= 0.6 is 11.8 Å². The molecule has 2 aliphatic carbocycles. The van der Waals surface area contributed by atoms with Crippen molar-refractivity contribution in [3.8, 4) is 11.3 Å². The largest absolute Gasteiger partial charge is 0.375 e. The van der Waals surface area contributed by atoms with Gasteiger partial charge in [0.25, 0.3) is 5.56 Å². The predicted octanol–water partition coefficient (Wildman–Crippen LogP) is 6.70. The normalized spacial score (nSPS) is 22.1. The highest BCUT2D eigenvalue weighted by molar-refractivity contribution is 7.98. The molecule has 1 atom stereocenters. The van der Waals surface area contributed by atoms with Crippen molar-refractivity contribution in [2.24, 2.45) is 0 Å². The fourth-order valence-corrected chi connectivity index (χ4v) is 7.61. The molecule has 5 heteroatoms. The summed E-state index contributed by atoms with van der Waals surface area (Å²) in [5, 5.41) is 0.852. The number of aromatic nitrogens is 2. The summed E-state index contributed by atoms with van der Waals surface area (Å²) in [5.74, 6) is 0.797. The molecule has 1 aromatic heterocycles. The Labute approximate surface area is 212 Å². The number of thioether (sulfide) groups is 1. The van der Waals surface area contributed by atoms with E-state index in [0.29, 0.717) is 6.61 Å². The van der Waals surface area contributed by atoms with E-state index in [4.69, 9.17) is 9.72 Å². The minimum atomic E-state index is -0.239. The van der Waals surface area contributed by atoms with Gasteiger partial charge >= 0.3 is 0 Å². The number of fused-ring (bicyclic) bond motifs is 4. The van der Waals surface area contributed by atoms with Gasteiger partial charge in [-0.3, -0.25) is 9.36 Å². The Balaban J connectivity index is 1.54. The van der Waals surface area contributed by atoms with Crippen molar-refractivity contribution >= 4 is 11.8 Å². The van der Waals surface area contributed by atoms with E-state index in [0.717, 1.165) is 59.8 Å². The maximum atomic E-state index is 14.6. The van der Waals surface area contributed by atoms with E-state index >= 15 is 0 Å². The molecule has 3 aromatic rings. The van der Waals surface area contributed by atoms with Gasteiger partial charge in [0, 0.05) is 29.4 Å². The Kier molecular flexibility index (Phi) is 5.89. The summed E-state index contributed by atoms with van der Waals surface area (Å²) in [6, 6.07) is 19.2. The average Bonchev–Trinajstić information content (AvgIpc) is 3.31. The summed E-state index contributed by atoms with van der Waals surface area (Å²) in [6.07, 6.45) is 7.19. The molecular weight excluding hydrogens is 452 g/mol. The van der Waals surface area contributed by atoms with Gasteiger partial charge in [-0.25, -0.2) is 4.98 Å². The van der Waals surface area contributed by atoms with Crippen molar-refractivity contribution in [2.45, 2.75) is 86.8 Å². The Hall–Kier alpha value is -2.37. The first-order valence-electron chi connectivity index (χ1n) is 13.0. The van der Waals surface area contributed by atoms with Crippen molar-refractivity contribution in [1.82, 2.24) is 9.55 Å².